The van der Waals surface area contributed by atoms with Gasteiger partial charge >= 0.3 is 0 Å². The fourth-order valence-corrected chi connectivity index (χ4v) is 3.46. The first-order chi connectivity index (χ1) is 14.5. The van der Waals surface area contributed by atoms with Crippen molar-refractivity contribution in [1.29, 1.82) is 0 Å². The van der Waals surface area contributed by atoms with Gasteiger partial charge in [0.15, 0.2) is 0 Å². The van der Waals surface area contributed by atoms with Crippen molar-refractivity contribution in [2.24, 2.45) is 7.05 Å². The molecule has 0 saturated heterocycles. The number of benzene rings is 2. The fourth-order valence-electron chi connectivity index (χ4n) is 3.46. The van der Waals surface area contributed by atoms with Gasteiger partial charge in [0.1, 0.15) is 12.7 Å². The largest absolute Gasteiger partial charge is 0.339 e. The van der Waals surface area contributed by atoms with Crippen LogP contribution in [0, 0.1) is 0 Å². The maximum absolute atomic E-state index is 13.0. The van der Waals surface area contributed by atoms with E-state index in [1.165, 1.54) is 11.0 Å². The van der Waals surface area contributed by atoms with Crippen LogP contribution in [0.3, 0.4) is 0 Å². The zero-order valence-electron chi connectivity index (χ0n) is 17.1. The Balaban J connectivity index is 1.55. The molecule has 0 bridgehead atoms. The van der Waals surface area contributed by atoms with Crippen molar-refractivity contribution < 1.29 is 4.79 Å². The minimum Gasteiger partial charge on any atom is -0.339 e. The second kappa shape index (κ2) is 7.90. The summed E-state index contributed by atoms with van der Waals surface area (Å²) in [6.07, 6.45) is 3.24. The van der Waals surface area contributed by atoms with Gasteiger partial charge in [-0.05, 0) is 30.7 Å². The third kappa shape index (κ3) is 3.59. The van der Waals surface area contributed by atoms with Gasteiger partial charge in [-0.2, -0.15) is 10.2 Å². The molecule has 0 radical (unpaired) electrons. The standard InChI is InChI=1S/C22H22N6O2/c1-15(16-8-10-17(11-9-16)28-14-23-13-24-28)26(2)21(29)12-20-18-6-4-5-7-19(18)22(30)27(3)25-20/h4-11,13-15H,12H2,1-3H3/t15-/m0/s1. The van der Waals surface area contributed by atoms with E-state index in [1.54, 1.807) is 36.1 Å². The second-order valence-corrected chi connectivity index (χ2v) is 7.21. The Kier molecular flexibility index (Phi) is 5.14. The maximum Gasteiger partial charge on any atom is 0.274 e. The average Bonchev–Trinajstić information content (AvgIpc) is 3.31. The van der Waals surface area contributed by atoms with Crippen molar-refractivity contribution in [3.63, 3.8) is 0 Å². The monoisotopic (exact) mass is 402 g/mol. The van der Waals surface area contributed by atoms with Crippen LogP contribution in [0.1, 0.15) is 24.2 Å². The third-order valence-electron chi connectivity index (χ3n) is 5.38. The summed E-state index contributed by atoms with van der Waals surface area (Å²) in [5, 5.41) is 9.74. The molecule has 0 unspecified atom stereocenters. The second-order valence-electron chi connectivity index (χ2n) is 7.21. The molecule has 2 aromatic carbocycles. The van der Waals surface area contributed by atoms with Crippen LogP contribution in [-0.4, -0.2) is 42.4 Å². The summed E-state index contributed by atoms with van der Waals surface area (Å²) in [5.41, 5.74) is 2.33. The van der Waals surface area contributed by atoms with E-state index < -0.39 is 0 Å². The van der Waals surface area contributed by atoms with Crippen LogP contribution in [0.15, 0.2) is 66.0 Å². The number of amides is 1. The van der Waals surface area contributed by atoms with Gasteiger partial charge in [0.25, 0.3) is 5.56 Å². The lowest BCUT2D eigenvalue weighted by Gasteiger charge is -2.25. The molecule has 8 nitrogen and oxygen atoms in total. The highest BCUT2D eigenvalue weighted by atomic mass is 16.2. The van der Waals surface area contributed by atoms with Gasteiger partial charge in [0.2, 0.25) is 5.91 Å². The molecule has 0 aliphatic heterocycles. The van der Waals surface area contributed by atoms with Gasteiger partial charge < -0.3 is 4.90 Å². The Morgan fingerprint density at radius 3 is 2.47 bits per heavy atom. The molecule has 1 amide bonds. The number of aromatic nitrogens is 5. The summed E-state index contributed by atoms with van der Waals surface area (Å²) < 4.78 is 2.97. The third-order valence-corrected chi connectivity index (χ3v) is 5.38. The van der Waals surface area contributed by atoms with E-state index >= 15 is 0 Å². The fraction of sp³-hybridized carbons (Fsp3) is 0.227. The topological polar surface area (TPSA) is 85.9 Å². The lowest BCUT2D eigenvalue weighted by Crippen LogP contribution is -2.32. The molecule has 0 N–H and O–H groups in total. The maximum atomic E-state index is 13.0. The lowest BCUT2D eigenvalue weighted by atomic mass is 10.1. The number of fused-ring (bicyclic) bond motifs is 1. The van der Waals surface area contributed by atoms with Crippen LogP contribution >= 0.6 is 0 Å². The molecule has 30 heavy (non-hydrogen) atoms. The first kappa shape index (κ1) is 19.5. The van der Waals surface area contributed by atoms with E-state index in [4.69, 9.17) is 0 Å². The molecule has 2 aromatic heterocycles. The number of carbonyl (C=O) groups is 1. The average molecular weight is 402 g/mol. The molecule has 0 fully saturated rings. The highest BCUT2D eigenvalue weighted by Gasteiger charge is 2.20. The van der Waals surface area contributed by atoms with Gasteiger partial charge in [-0.25, -0.2) is 14.3 Å². The van der Waals surface area contributed by atoms with Crippen LogP contribution in [0.4, 0.5) is 0 Å². The molecule has 1 atom stereocenters. The van der Waals surface area contributed by atoms with E-state index in [0.717, 1.165) is 11.3 Å². The summed E-state index contributed by atoms with van der Waals surface area (Å²) in [6.45, 7) is 1.98. The summed E-state index contributed by atoms with van der Waals surface area (Å²) in [6, 6.07) is 15.0. The SMILES string of the molecule is C[C@@H](c1ccc(-n2cncn2)cc1)N(C)C(=O)Cc1nn(C)c(=O)c2ccccc12. The van der Waals surface area contributed by atoms with E-state index in [1.807, 2.05) is 49.4 Å². The smallest absolute Gasteiger partial charge is 0.274 e. The van der Waals surface area contributed by atoms with Crippen molar-refractivity contribution in [1.82, 2.24) is 29.4 Å². The Bertz CT molecular complexity index is 1250. The van der Waals surface area contributed by atoms with Crippen molar-refractivity contribution in [2.45, 2.75) is 19.4 Å². The molecule has 4 rings (SSSR count). The predicted molar refractivity (Wildman–Crippen MR) is 113 cm³/mol. The van der Waals surface area contributed by atoms with Gasteiger partial charge in [0.05, 0.1) is 29.2 Å². The van der Waals surface area contributed by atoms with Crippen LogP contribution in [0.2, 0.25) is 0 Å². The van der Waals surface area contributed by atoms with Crippen LogP contribution in [-0.2, 0) is 18.3 Å². The van der Waals surface area contributed by atoms with Gasteiger partial charge in [-0.1, -0.05) is 30.3 Å². The van der Waals surface area contributed by atoms with Gasteiger partial charge in [0, 0.05) is 19.5 Å². The van der Waals surface area contributed by atoms with E-state index in [-0.39, 0.29) is 23.9 Å². The number of nitrogens with zero attached hydrogens (tertiary/aromatic N) is 6. The molecule has 152 valence electrons. The Labute approximate surface area is 173 Å². The van der Waals surface area contributed by atoms with Crippen molar-refractivity contribution >= 4 is 16.7 Å². The number of hydrogen-bond acceptors (Lipinski definition) is 5. The van der Waals surface area contributed by atoms with Gasteiger partial charge in [-0.3, -0.25) is 9.59 Å². The number of aryl methyl sites for hydroxylation is 1. The van der Waals surface area contributed by atoms with Gasteiger partial charge in [-0.15, -0.1) is 0 Å². The summed E-state index contributed by atoms with van der Waals surface area (Å²) in [4.78, 5) is 31.0. The molecule has 2 heterocycles. The Hall–Kier alpha value is -3.81. The van der Waals surface area contributed by atoms with Crippen molar-refractivity contribution in [3.05, 3.63) is 82.8 Å². The number of likely N-dealkylation sites (N-methyl/N-ethyl adjacent to an activating group) is 1. The van der Waals surface area contributed by atoms with E-state index in [2.05, 4.69) is 15.2 Å². The molecule has 0 aliphatic carbocycles. The molecule has 8 heteroatoms. The highest BCUT2D eigenvalue weighted by molar-refractivity contribution is 5.88. The lowest BCUT2D eigenvalue weighted by molar-refractivity contribution is -0.131. The number of rotatable bonds is 5. The molecule has 0 spiro atoms. The number of carbonyl (C=O) groups excluding carboxylic acids is 1. The quantitative estimate of drug-likeness (QED) is 0.511. The van der Waals surface area contributed by atoms with Crippen molar-refractivity contribution in [2.75, 3.05) is 7.05 Å². The van der Waals surface area contributed by atoms with Crippen LogP contribution < -0.4 is 5.56 Å². The van der Waals surface area contributed by atoms with Crippen molar-refractivity contribution in [3.8, 4) is 5.69 Å². The molecular formula is C22H22N6O2. The minimum atomic E-state index is -0.170. The first-order valence-electron chi connectivity index (χ1n) is 9.61. The molecular weight excluding hydrogens is 380 g/mol. The molecule has 0 saturated carbocycles. The zero-order valence-corrected chi connectivity index (χ0v) is 17.1. The highest BCUT2D eigenvalue weighted by Crippen LogP contribution is 2.22. The zero-order chi connectivity index (χ0) is 21.3. The summed E-state index contributed by atoms with van der Waals surface area (Å²) >= 11 is 0. The number of hydrogen-bond donors (Lipinski definition) is 0. The summed E-state index contributed by atoms with van der Waals surface area (Å²) in [7, 11) is 3.38. The molecule has 4 aromatic rings. The summed E-state index contributed by atoms with van der Waals surface area (Å²) in [5.74, 6) is -0.0702. The first-order valence-corrected chi connectivity index (χ1v) is 9.61. The Morgan fingerprint density at radius 1 is 1.10 bits per heavy atom. The minimum absolute atomic E-state index is 0.0702. The van der Waals surface area contributed by atoms with E-state index in [9.17, 15) is 9.59 Å². The van der Waals surface area contributed by atoms with Crippen LogP contribution in [0.5, 0.6) is 0 Å². The Morgan fingerprint density at radius 2 is 1.80 bits per heavy atom. The van der Waals surface area contributed by atoms with Crippen LogP contribution in [0.25, 0.3) is 16.5 Å². The molecule has 0 aliphatic rings. The predicted octanol–water partition coefficient (Wildman–Crippen LogP) is 2.28. The van der Waals surface area contributed by atoms with E-state index in [0.29, 0.717) is 16.5 Å². The normalized spacial score (nSPS) is 12.1.